The largest absolute Gasteiger partial charge is 0.456 e. The number of fused-ring (bicyclic) bond motifs is 1. The van der Waals surface area contributed by atoms with E-state index in [1.165, 1.54) is 10.6 Å². The molecule has 1 aromatic carbocycles. The molecule has 0 radical (unpaired) electrons. The van der Waals surface area contributed by atoms with Crippen LogP contribution in [0.3, 0.4) is 0 Å². The number of aliphatic imine (C=N–C) groups is 1. The summed E-state index contributed by atoms with van der Waals surface area (Å²) in [4.78, 5) is 46.3. The molecule has 4 rings (SSSR count). The molecule has 3 heterocycles. The number of benzene rings is 1. The fourth-order valence-electron chi connectivity index (χ4n) is 3.41. The predicted octanol–water partition coefficient (Wildman–Crippen LogP) is 1.74. The summed E-state index contributed by atoms with van der Waals surface area (Å²) in [7, 11) is 0. The average molecular weight is 440 g/mol. The second-order valence-electron chi connectivity index (χ2n) is 7.27. The van der Waals surface area contributed by atoms with Gasteiger partial charge in [0.1, 0.15) is 12.3 Å². The Morgan fingerprint density at radius 1 is 1.09 bits per heavy atom. The Morgan fingerprint density at radius 3 is 2.56 bits per heavy atom. The smallest absolute Gasteiger partial charge is 0.354 e. The van der Waals surface area contributed by atoms with Crippen LogP contribution in [0.5, 0.6) is 0 Å². The average Bonchev–Trinajstić information content (AvgIpc) is 2.81. The van der Waals surface area contributed by atoms with Gasteiger partial charge in [0.25, 0.3) is 5.56 Å². The lowest BCUT2D eigenvalue weighted by Crippen LogP contribution is -2.46. The zero-order chi connectivity index (χ0) is 22.8. The number of rotatable bonds is 5. The minimum absolute atomic E-state index is 0.0246. The van der Waals surface area contributed by atoms with E-state index < -0.39 is 28.9 Å². The lowest BCUT2D eigenvalue weighted by Gasteiger charge is -2.21. The molecule has 0 spiro atoms. The van der Waals surface area contributed by atoms with Gasteiger partial charge in [-0.05, 0) is 42.3 Å². The molecule has 1 aliphatic rings. The van der Waals surface area contributed by atoms with Crippen molar-refractivity contribution in [3.8, 4) is 0 Å². The molecule has 0 saturated carbocycles. The fraction of sp³-hybridized carbons (Fsp3) is 0.227. The molecule has 3 aromatic rings. The molecule has 10 heteroatoms. The molecule has 0 amide bonds. The van der Waals surface area contributed by atoms with Gasteiger partial charge < -0.3 is 4.74 Å². The highest BCUT2D eigenvalue weighted by atomic mass is 19.2. The van der Waals surface area contributed by atoms with Gasteiger partial charge in [-0.25, -0.2) is 18.4 Å². The van der Waals surface area contributed by atoms with Crippen LogP contribution >= 0.6 is 0 Å². The molecule has 0 atom stereocenters. The van der Waals surface area contributed by atoms with Gasteiger partial charge in [-0.2, -0.15) is 0 Å². The first-order chi connectivity index (χ1) is 15.3. The summed E-state index contributed by atoms with van der Waals surface area (Å²) >= 11 is 0. The van der Waals surface area contributed by atoms with Gasteiger partial charge in [0, 0.05) is 18.0 Å². The molecule has 0 aliphatic carbocycles. The van der Waals surface area contributed by atoms with Crippen LogP contribution in [0.2, 0.25) is 0 Å². The number of aromatic nitrogens is 3. The molecular formula is C22H18F2N4O4. The number of hydrogen-bond donors (Lipinski definition) is 0. The van der Waals surface area contributed by atoms with E-state index in [1.54, 1.807) is 31.5 Å². The summed E-state index contributed by atoms with van der Waals surface area (Å²) in [5.74, 6) is -2.77. The summed E-state index contributed by atoms with van der Waals surface area (Å²) in [6.07, 6.45) is 3.15. The van der Waals surface area contributed by atoms with Crippen molar-refractivity contribution < 1.29 is 18.3 Å². The normalized spacial score (nSPS) is 12.8. The Labute approximate surface area is 180 Å². The minimum atomic E-state index is -1.07. The molecule has 1 aliphatic heterocycles. The number of pyridine rings is 1. The first kappa shape index (κ1) is 21.3. The van der Waals surface area contributed by atoms with Crippen LogP contribution in [-0.2, 0) is 35.8 Å². The molecule has 0 bridgehead atoms. The number of hydrogen-bond acceptors (Lipinski definition) is 6. The Hall–Kier alpha value is -3.95. The zero-order valence-corrected chi connectivity index (χ0v) is 17.0. The summed E-state index contributed by atoms with van der Waals surface area (Å²) in [5, 5.41) is 0. The Bertz CT molecular complexity index is 1350. The van der Waals surface area contributed by atoms with Crippen LogP contribution in [0.25, 0.3) is 0 Å². The Kier molecular flexibility index (Phi) is 5.76. The Morgan fingerprint density at radius 2 is 1.84 bits per heavy atom. The monoisotopic (exact) mass is 440 g/mol. The van der Waals surface area contributed by atoms with Crippen molar-refractivity contribution in [2.24, 2.45) is 4.99 Å². The molecular weight excluding hydrogens is 422 g/mol. The number of carbonyl (C=O) groups excluding carboxylic acids is 1. The van der Waals surface area contributed by atoms with Crippen LogP contribution < -0.4 is 11.2 Å². The van der Waals surface area contributed by atoms with Gasteiger partial charge >= 0.3 is 11.7 Å². The standard InChI is InChI=1S/C22H18F2N4O4/c1-13-19-9-26-18(21(30)32-12-14-4-6-25-7-5-14)11-27(19)22(31)28(20(13)29)10-15-2-3-16(23)17(24)8-15/h2-8H,9-12H2,1H3. The molecule has 0 fully saturated rings. The van der Waals surface area contributed by atoms with E-state index >= 15 is 0 Å². The van der Waals surface area contributed by atoms with Crippen LogP contribution in [0.4, 0.5) is 8.78 Å². The zero-order valence-electron chi connectivity index (χ0n) is 17.0. The molecule has 8 nitrogen and oxygen atoms in total. The molecule has 0 unspecified atom stereocenters. The predicted molar refractivity (Wildman–Crippen MR) is 110 cm³/mol. The lowest BCUT2D eigenvalue weighted by atomic mass is 10.1. The summed E-state index contributed by atoms with van der Waals surface area (Å²) in [6.45, 7) is 1.15. The number of ether oxygens (including phenoxy) is 1. The number of carbonyl (C=O) groups is 1. The van der Waals surface area contributed by atoms with E-state index in [9.17, 15) is 23.2 Å². The van der Waals surface area contributed by atoms with Crippen molar-refractivity contribution in [2.75, 3.05) is 0 Å². The first-order valence-corrected chi connectivity index (χ1v) is 9.71. The number of halogens is 2. The van der Waals surface area contributed by atoms with Crippen LogP contribution in [0.15, 0.2) is 57.3 Å². The summed E-state index contributed by atoms with van der Waals surface area (Å²) in [5.41, 5.74) is 0.515. The van der Waals surface area contributed by atoms with E-state index in [0.717, 1.165) is 22.3 Å². The lowest BCUT2D eigenvalue weighted by molar-refractivity contribution is -0.137. The maximum absolute atomic E-state index is 13.6. The van der Waals surface area contributed by atoms with E-state index in [0.29, 0.717) is 11.3 Å². The highest BCUT2D eigenvalue weighted by molar-refractivity contribution is 6.36. The van der Waals surface area contributed by atoms with Crippen molar-refractivity contribution in [1.82, 2.24) is 14.1 Å². The van der Waals surface area contributed by atoms with Gasteiger partial charge in [-0.3, -0.25) is 23.9 Å². The van der Waals surface area contributed by atoms with Gasteiger partial charge in [-0.15, -0.1) is 0 Å². The highest BCUT2D eigenvalue weighted by Gasteiger charge is 2.25. The van der Waals surface area contributed by atoms with Crippen molar-refractivity contribution in [3.05, 3.63) is 97.6 Å². The highest BCUT2D eigenvalue weighted by Crippen LogP contribution is 2.13. The van der Waals surface area contributed by atoms with E-state index in [-0.39, 0.29) is 37.5 Å². The number of nitrogens with zero attached hydrogens (tertiary/aromatic N) is 4. The second-order valence-corrected chi connectivity index (χ2v) is 7.27. The van der Waals surface area contributed by atoms with Gasteiger partial charge in [-0.1, -0.05) is 6.07 Å². The molecule has 32 heavy (non-hydrogen) atoms. The Balaban J connectivity index is 1.60. The first-order valence-electron chi connectivity index (χ1n) is 9.71. The topological polar surface area (TPSA) is 95.5 Å². The number of esters is 1. The van der Waals surface area contributed by atoms with Crippen LogP contribution in [0.1, 0.15) is 22.4 Å². The summed E-state index contributed by atoms with van der Waals surface area (Å²) < 4.78 is 34.2. The van der Waals surface area contributed by atoms with Crippen molar-refractivity contribution in [2.45, 2.75) is 33.2 Å². The third-order valence-corrected chi connectivity index (χ3v) is 5.19. The van der Waals surface area contributed by atoms with Crippen molar-refractivity contribution in [1.29, 1.82) is 0 Å². The molecule has 0 N–H and O–H groups in total. The second kappa shape index (κ2) is 8.66. The maximum Gasteiger partial charge on any atom is 0.354 e. The van der Waals surface area contributed by atoms with Gasteiger partial charge in [0.05, 0.1) is 25.3 Å². The van der Waals surface area contributed by atoms with Gasteiger partial charge in [0.2, 0.25) is 0 Å². The van der Waals surface area contributed by atoms with Crippen molar-refractivity contribution >= 4 is 11.7 Å². The summed E-state index contributed by atoms with van der Waals surface area (Å²) in [6, 6.07) is 6.57. The molecule has 0 saturated heterocycles. The molecule has 2 aromatic heterocycles. The minimum Gasteiger partial charge on any atom is -0.456 e. The van der Waals surface area contributed by atoms with E-state index in [1.807, 2.05) is 0 Å². The fourth-order valence-corrected chi connectivity index (χ4v) is 3.41. The quantitative estimate of drug-likeness (QED) is 0.564. The third kappa shape index (κ3) is 4.11. The van der Waals surface area contributed by atoms with Crippen LogP contribution in [0, 0.1) is 18.6 Å². The van der Waals surface area contributed by atoms with Crippen molar-refractivity contribution in [3.63, 3.8) is 0 Å². The maximum atomic E-state index is 13.6. The third-order valence-electron chi connectivity index (χ3n) is 5.19. The van der Waals surface area contributed by atoms with Gasteiger partial charge in [0.15, 0.2) is 11.6 Å². The SMILES string of the molecule is Cc1c2n(c(=O)n(Cc3ccc(F)c(F)c3)c1=O)CC(C(=O)OCc1ccncc1)=NC2. The molecule has 164 valence electrons. The van der Waals surface area contributed by atoms with E-state index in [2.05, 4.69) is 9.98 Å². The van der Waals surface area contributed by atoms with Crippen LogP contribution in [-0.4, -0.2) is 25.8 Å². The van der Waals surface area contributed by atoms with E-state index in [4.69, 9.17) is 4.74 Å².